The van der Waals surface area contributed by atoms with Crippen molar-refractivity contribution in [1.82, 2.24) is 0 Å². The van der Waals surface area contributed by atoms with E-state index in [0.29, 0.717) is 5.92 Å². The first-order chi connectivity index (χ1) is 5.79. The molecule has 3 unspecified atom stereocenters. The maximum Gasteiger partial charge on any atom is 0.109 e. The highest BCUT2D eigenvalue weighted by Gasteiger charge is 2.40. The van der Waals surface area contributed by atoms with E-state index in [-0.39, 0.29) is 6.04 Å². The molecule has 1 aliphatic carbocycles. The molecule has 0 spiro atoms. The Balaban J connectivity index is 1.94. The molecule has 2 nitrogen and oxygen atoms in total. The third-order valence-electron chi connectivity index (χ3n) is 2.92. The van der Waals surface area contributed by atoms with Crippen molar-refractivity contribution in [3.8, 4) is 0 Å². The molecule has 2 heteroatoms. The maximum absolute atomic E-state index is 6.05. The van der Waals surface area contributed by atoms with Gasteiger partial charge in [0.2, 0.25) is 0 Å². The summed E-state index contributed by atoms with van der Waals surface area (Å²) in [5.74, 6) is 2.55. The molecule has 0 aromatic heterocycles. The van der Waals surface area contributed by atoms with Crippen molar-refractivity contribution < 1.29 is 4.74 Å². The van der Waals surface area contributed by atoms with E-state index in [1.807, 2.05) is 0 Å². The molecular formula is C10H17NO. The normalized spacial score (nSPS) is 36.7. The van der Waals surface area contributed by atoms with E-state index in [4.69, 9.17) is 10.5 Å². The Kier molecular flexibility index (Phi) is 2.09. The summed E-state index contributed by atoms with van der Waals surface area (Å²) < 4.78 is 5.53. The van der Waals surface area contributed by atoms with E-state index in [1.165, 1.54) is 6.42 Å². The predicted molar refractivity (Wildman–Crippen MR) is 48.5 cm³/mol. The first kappa shape index (κ1) is 8.11. The first-order valence-electron chi connectivity index (χ1n) is 4.87. The second-order valence-electron chi connectivity index (χ2n) is 4.00. The van der Waals surface area contributed by atoms with E-state index in [0.717, 1.165) is 31.1 Å². The Hall–Kier alpha value is -0.500. The van der Waals surface area contributed by atoms with E-state index in [1.54, 1.807) is 0 Å². The van der Waals surface area contributed by atoms with Crippen LogP contribution in [0.1, 0.15) is 26.2 Å². The average Bonchev–Trinajstić information content (AvgIpc) is 2.83. The highest BCUT2D eigenvalue weighted by molar-refractivity contribution is 5.10. The van der Waals surface area contributed by atoms with Gasteiger partial charge in [-0.3, -0.25) is 0 Å². The molecule has 2 rings (SSSR count). The lowest BCUT2D eigenvalue weighted by Gasteiger charge is -2.20. The Morgan fingerprint density at radius 2 is 2.42 bits per heavy atom. The van der Waals surface area contributed by atoms with Crippen LogP contribution in [0.5, 0.6) is 0 Å². The molecule has 0 bridgehead atoms. The van der Waals surface area contributed by atoms with Crippen molar-refractivity contribution in [2.24, 2.45) is 17.6 Å². The van der Waals surface area contributed by atoms with Gasteiger partial charge >= 0.3 is 0 Å². The van der Waals surface area contributed by atoms with Crippen molar-refractivity contribution >= 4 is 0 Å². The van der Waals surface area contributed by atoms with Crippen LogP contribution in [0.2, 0.25) is 0 Å². The van der Waals surface area contributed by atoms with Gasteiger partial charge < -0.3 is 10.5 Å². The first-order valence-corrected chi connectivity index (χ1v) is 4.87. The van der Waals surface area contributed by atoms with Gasteiger partial charge in [-0.05, 0) is 37.2 Å². The minimum Gasteiger partial charge on any atom is -0.497 e. The van der Waals surface area contributed by atoms with E-state index < -0.39 is 0 Å². The Morgan fingerprint density at radius 3 is 2.92 bits per heavy atom. The van der Waals surface area contributed by atoms with E-state index >= 15 is 0 Å². The zero-order valence-electron chi connectivity index (χ0n) is 7.62. The van der Waals surface area contributed by atoms with Crippen molar-refractivity contribution in [2.75, 3.05) is 6.61 Å². The summed E-state index contributed by atoms with van der Waals surface area (Å²) in [6, 6.07) is 0.181. The Labute approximate surface area is 73.8 Å². The van der Waals surface area contributed by atoms with Crippen LogP contribution in [0.4, 0.5) is 0 Å². The molecule has 3 atom stereocenters. The molecule has 0 amide bonds. The third-order valence-corrected chi connectivity index (χ3v) is 2.92. The van der Waals surface area contributed by atoms with Crippen LogP contribution in [0.3, 0.4) is 0 Å². The molecule has 0 radical (unpaired) electrons. The summed E-state index contributed by atoms with van der Waals surface area (Å²) in [6.07, 6.45) is 5.74. The predicted octanol–water partition coefficient (Wildman–Crippen LogP) is 1.66. The molecule has 12 heavy (non-hydrogen) atoms. The minimum absolute atomic E-state index is 0.181. The second kappa shape index (κ2) is 3.09. The van der Waals surface area contributed by atoms with Gasteiger partial charge in [0.15, 0.2) is 0 Å². The van der Waals surface area contributed by atoms with Gasteiger partial charge in [0.1, 0.15) is 5.76 Å². The monoisotopic (exact) mass is 167 g/mol. The Morgan fingerprint density at radius 1 is 1.67 bits per heavy atom. The molecule has 68 valence electrons. The lowest BCUT2D eigenvalue weighted by atomic mass is 10.1. The fourth-order valence-corrected chi connectivity index (χ4v) is 1.87. The molecule has 1 saturated carbocycles. The van der Waals surface area contributed by atoms with Gasteiger partial charge in [0.05, 0.1) is 12.6 Å². The number of hydrogen-bond acceptors (Lipinski definition) is 2. The largest absolute Gasteiger partial charge is 0.497 e. The topological polar surface area (TPSA) is 35.2 Å². The van der Waals surface area contributed by atoms with Crippen LogP contribution in [0.15, 0.2) is 11.8 Å². The lowest BCUT2D eigenvalue weighted by molar-refractivity contribution is 0.170. The summed E-state index contributed by atoms with van der Waals surface area (Å²) >= 11 is 0. The van der Waals surface area contributed by atoms with E-state index in [9.17, 15) is 0 Å². The highest BCUT2D eigenvalue weighted by Crippen LogP contribution is 2.42. The fourth-order valence-electron chi connectivity index (χ4n) is 1.87. The molecule has 0 saturated heterocycles. The molecule has 0 aromatic carbocycles. The summed E-state index contributed by atoms with van der Waals surface area (Å²) in [4.78, 5) is 0. The summed E-state index contributed by atoms with van der Waals surface area (Å²) in [5.41, 5.74) is 6.05. The summed E-state index contributed by atoms with van der Waals surface area (Å²) in [6.45, 7) is 3.12. The lowest BCUT2D eigenvalue weighted by Crippen LogP contribution is -2.28. The van der Waals surface area contributed by atoms with Crippen LogP contribution >= 0.6 is 0 Å². The van der Waals surface area contributed by atoms with Gasteiger partial charge in [-0.1, -0.05) is 6.92 Å². The van der Waals surface area contributed by atoms with Crippen LogP contribution in [-0.4, -0.2) is 12.6 Å². The summed E-state index contributed by atoms with van der Waals surface area (Å²) in [5, 5.41) is 0. The van der Waals surface area contributed by atoms with Crippen LogP contribution in [0, 0.1) is 11.8 Å². The smallest absolute Gasteiger partial charge is 0.109 e. The molecule has 2 aliphatic rings. The zero-order chi connectivity index (χ0) is 8.55. The number of rotatable bonds is 2. The van der Waals surface area contributed by atoms with E-state index in [2.05, 4.69) is 13.0 Å². The van der Waals surface area contributed by atoms with Gasteiger partial charge in [-0.2, -0.15) is 0 Å². The van der Waals surface area contributed by atoms with Crippen LogP contribution < -0.4 is 5.73 Å². The average molecular weight is 167 g/mol. The van der Waals surface area contributed by atoms with Gasteiger partial charge in [0.25, 0.3) is 0 Å². The van der Waals surface area contributed by atoms with Gasteiger partial charge in [-0.25, -0.2) is 0 Å². The molecule has 0 aromatic rings. The van der Waals surface area contributed by atoms with Crippen molar-refractivity contribution in [3.63, 3.8) is 0 Å². The molecule has 2 N–H and O–H groups in total. The standard InChI is InChI=1S/C10H17NO/c1-7-6-8(7)10(11)9-4-2-3-5-12-9/h4,7-8,10H,2-3,5-6,11H2,1H3. The molecule has 1 fully saturated rings. The second-order valence-corrected chi connectivity index (χ2v) is 4.00. The number of allylic oxidation sites excluding steroid dienone is 1. The molecule has 1 aliphatic heterocycles. The quantitative estimate of drug-likeness (QED) is 0.679. The molecular weight excluding hydrogens is 150 g/mol. The van der Waals surface area contributed by atoms with Crippen molar-refractivity contribution in [2.45, 2.75) is 32.2 Å². The number of ether oxygens (including phenoxy) is 1. The van der Waals surface area contributed by atoms with Crippen molar-refractivity contribution in [3.05, 3.63) is 11.8 Å². The van der Waals surface area contributed by atoms with Gasteiger partial charge in [-0.15, -0.1) is 0 Å². The maximum atomic E-state index is 6.05. The van der Waals surface area contributed by atoms with Crippen LogP contribution in [0.25, 0.3) is 0 Å². The third kappa shape index (κ3) is 1.48. The SMILES string of the molecule is CC1CC1C(N)C1=CCCCO1. The number of nitrogens with two attached hydrogens (primary N) is 1. The molecule has 1 heterocycles. The Bertz CT molecular complexity index is 200. The van der Waals surface area contributed by atoms with Crippen molar-refractivity contribution in [1.29, 1.82) is 0 Å². The number of hydrogen-bond donors (Lipinski definition) is 1. The summed E-state index contributed by atoms with van der Waals surface area (Å²) in [7, 11) is 0. The van der Waals surface area contributed by atoms with Crippen LogP contribution in [-0.2, 0) is 4.74 Å². The zero-order valence-corrected chi connectivity index (χ0v) is 7.62. The highest BCUT2D eigenvalue weighted by atomic mass is 16.5. The van der Waals surface area contributed by atoms with Gasteiger partial charge in [0, 0.05) is 0 Å². The fraction of sp³-hybridized carbons (Fsp3) is 0.800. The minimum atomic E-state index is 0.181.